The number of carbonyl (C=O) groups excluding carboxylic acids is 1. The van der Waals surface area contributed by atoms with Gasteiger partial charge in [-0.1, -0.05) is 6.07 Å². The van der Waals surface area contributed by atoms with Gasteiger partial charge in [-0.2, -0.15) is 34.8 Å². The lowest BCUT2D eigenvalue weighted by Gasteiger charge is -2.35. The summed E-state index contributed by atoms with van der Waals surface area (Å²) in [6.45, 7) is 5.56. The molecule has 0 bridgehead atoms. The number of rotatable bonds is 4. The van der Waals surface area contributed by atoms with Gasteiger partial charge in [-0.05, 0) is 49.9 Å². The Bertz CT molecular complexity index is 815. The molecular formula is C15H16F6O5S. The van der Waals surface area contributed by atoms with Crippen LogP contribution in [0.5, 0.6) is 0 Å². The van der Waals surface area contributed by atoms with Gasteiger partial charge >= 0.3 is 23.9 Å². The quantitative estimate of drug-likeness (QED) is 0.453. The number of halogens is 6. The van der Waals surface area contributed by atoms with Crippen molar-refractivity contribution in [3.63, 3.8) is 0 Å². The Balaban J connectivity index is 3.68. The molecule has 5 nitrogen and oxygen atoms in total. The summed E-state index contributed by atoms with van der Waals surface area (Å²) in [6.07, 6.45) is -12.7. The predicted molar refractivity (Wildman–Crippen MR) is 82.1 cm³/mol. The fraction of sp³-hybridized carbons (Fsp3) is 0.533. The van der Waals surface area contributed by atoms with Gasteiger partial charge in [-0.15, -0.1) is 0 Å². The monoisotopic (exact) mass is 422 g/mol. The number of hydrogen-bond donors (Lipinski definition) is 1. The van der Waals surface area contributed by atoms with Crippen molar-refractivity contribution in [2.24, 2.45) is 0 Å². The molecule has 0 saturated heterocycles. The van der Waals surface area contributed by atoms with E-state index in [9.17, 15) is 39.6 Å². The third-order valence-electron chi connectivity index (χ3n) is 4.14. The lowest BCUT2D eigenvalue weighted by molar-refractivity contribution is -0.356. The molecule has 1 rings (SSSR count). The number of ether oxygens (including phenoxy) is 1. The molecule has 0 atom stereocenters. The topological polar surface area (TPSA) is 80.7 Å². The summed E-state index contributed by atoms with van der Waals surface area (Å²) in [5.74, 6) is -4.92. The summed E-state index contributed by atoms with van der Waals surface area (Å²) in [7, 11) is -5.83. The van der Waals surface area contributed by atoms with Gasteiger partial charge in [0.05, 0.1) is 5.56 Å². The van der Waals surface area contributed by atoms with Crippen LogP contribution in [-0.4, -0.2) is 42.6 Å². The Morgan fingerprint density at radius 3 is 1.63 bits per heavy atom. The van der Waals surface area contributed by atoms with E-state index >= 15 is 0 Å². The predicted octanol–water partition coefficient (Wildman–Crippen LogP) is 3.83. The Labute approximate surface area is 151 Å². The molecule has 1 aromatic carbocycles. The zero-order valence-corrected chi connectivity index (χ0v) is 15.4. The normalized spacial score (nSPS) is 13.6. The zero-order chi connectivity index (χ0) is 21.6. The molecule has 1 aromatic rings. The molecule has 27 heavy (non-hydrogen) atoms. The van der Waals surface area contributed by atoms with Crippen molar-refractivity contribution in [2.75, 3.05) is 5.75 Å². The van der Waals surface area contributed by atoms with Gasteiger partial charge in [0.1, 0.15) is 5.75 Å². The number of benzene rings is 1. The Kier molecular flexibility index (Phi) is 5.99. The van der Waals surface area contributed by atoms with Crippen LogP contribution in [0.4, 0.5) is 26.3 Å². The van der Waals surface area contributed by atoms with E-state index in [1.165, 1.54) is 27.7 Å². The molecule has 1 N–H and O–H groups in total. The highest BCUT2D eigenvalue weighted by molar-refractivity contribution is 7.85. The highest BCUT2D eigenvalue weighted by Crippen LogP contribution is 2.47. The molecule has 0 amide bonds. The van der Waals surface area contributed by atoms with E-state index < -0.39 is 45.4 Å². The number of hydrogen-bond acceptors (Lipinski definition) is 4. The van der Waals surface area contributed by atoms with E-state index in [2.05, 4.69) is 4.74 Å². The van der Waals surface area contributed by atoms with Crippen LogP contribution in [0.1, 0.15) is 32.6 Å². The van der Waals surface area contributed by atoms with E-state index in [1.807, 2.05) is 0 Å². The summed E-state index contributed by atoms with van der Waals surface area (Å²) in [5.41, 5.74) is -5.00. The first-order valence-electron chi connectivity index (χ1n) is 7.23. The lowest BCUT2D eigenvalue weighted by atomic mass is 9.94. The van der Waals surface area contributed by atoms with Gasteiger partial charge in [0.15, 0.2) is 0 Å². The SMILES string of the molecule is Cc1cc(C)c(C)c(C(=O)OC(CS(=O)(=O)O)(C(F)(F)F)C(F)(F)F)c1C. The van der Waals surface area contributed by atoms with E-state index in [-0.39, 0.29) is 11.1 Å². The number of aryl methyl sites for hydroxylation is 2. The standard InChI is InChI=1S/C15H16F6O5S/c1-7-5-8(2)10(4)11(9(7)3)12(22)26-13(14(16,17)18,15(19,20)21)6-27(23,24)25/h5H,6H2,1-4H3,(H,23,24,25). The summed E-state index contributed by atoms with van der Waals surface area (Å²) in [6, 6.07) is 1.57. The van der Waals surface area contributed by atoms with E-state index in [0.717, 1.165) is 0 Å². The molecule has 0 aromatic heterocycles. The van der Waals surface area contributed by atoms with Gasteiger partial charge in [-0.3, -0.25) is 4.55 Å². The second kappa shape index (κ2) is 6.97. The van der Waals surface area contributed by atoms with E-state index in [4.69, 9.17) is 4.55 Å². The summed E-state index contributed by atoms with van der Waals surface area (Å²) in [4.78, 5) is 12.3. The van der Waals surface area contributed by atoms with Crippen molar-refractivity contribution in [2.45, 2.75) is 45.6 Å². The molecule has 0 radical (unpaired) electrons. The molecule has 0 aliphatic rings. The van der Waals surface area contributed by atoms with Crippen LogP contribution >= 0.6 is 0 Å². The smallest absolute Gasteiger partial charge is 0.435 e. The summed E-state index contributed by atoms with van der Waals surface area (Å²) < 4.78 is 114. The Morgan fingerprint density at radius 2 is 1.33 bits per heavy atom. The number of esters is 1. The maximum atomic E-state index is 13.3. The second-order valence-corrected chi connectivity index (χ2v) is 7.53. The molecule has 0 aliphatic carbocycles. The van der Waals surface area contributed by atoms with Crippen LogP contribution in [0, 0.1) is 27.7 Å². The molecule has 0 spiro atoms. The van der Waals surface area contributed by atoms with E-state index in [0.29, 0.717) is 11.1 Å². The van der Waals surface area contributed by atoms with Crippen molar-refractivity contribution >= 4 is 16.1 Å². The Hall–Kier alpha value is -1.82. The minimum atomic E-state index is -6.36. The minimum Gasteiger partial charge on any atom is -0.435 e. The van der Waals surface area contributed by atoms with Crippen molar-refractivity contribution in [1.29, 1.82) is 0 Å². The average Bonchev–Trinajstić information content (AvgIpc) is 2.40. The van der Waals surface area contributed by atoms with Crippen LogP contribution in [0.2, 0.25) is 0 Å². The average molecular weight is 422 g/mol. The Morgan fingerprint density at radius 1 is 0.963 bits per heavy atom. The fourth-order valence-corrected chi connectivity index (χ4v) is 3.36. The van der Waals surface area contributed by atoms with Crippen molar-refractivity contribution in [3.05, 3.63) is 33.9 Å². The van der Waals surface area contributed by atoms with Crippen molar-refractivity contribution in [3.8, 4) is 0 Å². The van der Waals surface area contributed by atoms with Crippen LogP contribution in [-0.2, 0) is 14.9 Å². The highest BCUT2D eigenvalue weighted by atomic mass is 32.2. The van der Waals surface area contributed by atoms with Gasteiger partial charge in [0.2, 0.25) is 0 Å². The molecular weight excluding hydrogens is 406 g/mol. The van der Waals surface area contributed by atoms with Crippen LogP contribution < -0.4 is 0 Å². The van der Waals surface area contributed by atoms with Gasteiger partial charge in [-0.25, -0.2) is 4.79 Å². The number of alkyl halides is 6. The van der Waals surface area contributed by atoms with Crippen LogP contribution in [0.25, 0.3) is 0 Å². The zero-order valence-electron chi connectivity index (χ0n) is 14.5. The van der Waals surface area contributed by atoms with Crippen LogP contribution in [0.15, 0.2) is 6.07 Å². The minimum absolute atomic E-state index is 0.0770. The molecule has 12 heteroatoms. The maximum absolute atomic E-state index is 13.3. The lowest BCUT2D eigenvalue weighted by Crippen LogP contribution is -2.63. The largest absolute Gasteiger partial charge is 0.438 e. The molecule has 0 saturated carbocycles. The van der Waals surface area contributed by atoms with Crippen LogP contribution in [0.3, 0.4) is 0 Å². The van der Waals surface area contributed by atoms with Crippen molar-refractivity contribution < 1.29 is 48.8 Å². The van der Waals surface area contributed by atoms with Crippen molar-refractivity contribution in [1.82, 2.24) is 0 Å². The molecule has 0 aliphatic heterocycles. The van der Waals surface area contributed by atoms with Gasteiger partial charge in [0.25, 0.3) is 10.1 Å². The molecule has 0 unspecified atom stereocenters. The third-order valence-corrected chi connectivity index (χ3v) is 4.91. The summed E-state index contributed by atoms with van der Waals surface area (Å²) >= 11 is 0. The molecule has 0 heterocycles. The van der Waals surface area contributed by atoms with Gasteiger partial charge < -0.3 is 4.74 Å². The maximum Gasteiger partial charge on any atom is 0.438 e. The first-order chi connectivity index (χ1) is 11.8. The number of carbonyl (C=O) groups is 1. The first kappa shape index (κ1) is 23.2. The first-order valence-corrected chi connectivity index (χ1v) is 8.84. The molecule has 0 fully saturated rings. The highest BCUT2D eigenvalue weighted by Gasteiger charge is 2.76. The van der Waals surface area contributed by atoms with E-state index in [1.54, 1.807) is 6.07 Å². The molecule has 154 valence electrons. The summed E-state index contributed by atoms with van der Waals surface area (Å²) in [5, 5.41) is 0. The second-order valence-electron chi connectivity index (χ2n) is 6.07. The van der Waals surface area contributed by atoms with Gasteiger partial charge in [0, 0.05) is 0 Å². The third kappa shape index (κ3) is 4.54. The fourth-order valence-electron chi connectivity index (χ4n) is 2.46.